The summed E-state index contributed by atoms with van der Waals surface area (Å²) in [6.07, 6.45) is -5.53. The summed E-state index contributed by atoms with van der Waals surface area (Å²) >= 11 is 0. The van der Waals surface area contributed by atoms with Gasteiger partial charge >= 0.3 is 5.97 Å². The van der Waals surface area contributed by atoms with Crippen LogP contribution in [-0.2, 0) is 19.1 Å². The van der Waals surface area contributed by atoms with Crippen LogP contribution in [-0.4, -0.2) is 75.0 Å². The zero-order valence-corrected chi connectivity index (χ0v) is 11.1. The number of carboxylic acid groups (broad SMARTS) is 1. The van der Waals surface area contributed by atoms with Gasteiger partial charge in [-0.3, -0.25) is 4.79 Å². The van der Waals surface area contributed by atoms with E-state index < -0.39 is 54.6 Å². The van der Waals surface area contributed by atoms with Crippen molar-refractivity contribution in [2.24, 2.45) is 5.73 Å². The Morgan fingerprint density at radius 2 is 2.05 bits per heavy atom. The van der Waals surface area contributed by atoms with E-state index in [1.54, 1.807) is 0 Å². The lowest BCUT2D eigenvalue weighted by Gasteiger charge is -2.46. The van der Waals surface area contributed by atoms with Crippen molar-refractivity contribution in [1.29, 1.82) is 0 Å². The van der Waals surface area contributed by atoms with Gasteiger partial charge in [0.15, 0.2) is 11.9 Å². The maximum atomic E-state index is 11.5. The Balaban J connectivity index is 3.05. The van der Waals surface area contributed by atoms with Gasteiger partial charge in [-0.25, -0.2) is 4.79 Å². The molecule has 9 nitrogen and oxygen atoms in total. The molecule has 0 aromatic rings. The van der Waals surface area contributed by atoms with Gasteiger partial charge in [-0.2, -0.15) is 0 Å². The number of aliphatic hydroxyl groups is 3. The Morgan fingerprint density at radius 1 is 1.50 bits per heavy atom. The number of ether oxygens (including phenoxy) is 2. The molecule has 1 saturated heterocycles. The Labute approximate surface area is 114 Å². The molecule has 0 saturated carbocycles. The van der Waals surface area contributed by atoms with E-state index in [9.17, 15) is 19.8 Å². The Kier molecular flexibility index (Phi) is 5.19. The summed E-state index contributed by atoms with van der Waals surface area (Å²) in [6, 6.07) is -1.50. The van der Waals surface area contributed by atoms with Crippen molar-refractivity contribution >= 4 is 11.8 Å². The standard InChI is InChI=1S/C11H19NO8/c1-4(10(16)17)19-8-7(15)6(3-13)20-11(18,5(2)14)9(8)12/h4,6-9,13,15,18H,3,12H2,1-2H3,(H,16,17)/t4-,6+,7+,8-,9+,11?/m0/s1. The molecule has 0 bridgehead atoms. The van der Waals surface area contributed by atoms with Crippen LogP contribution in [0.25, 0.3) is 0 Å². The van der Waals surface area contributed by atoms with Gasteiger partial charge in [-0.15, -0.1) is 0 Å². The number of ketones is 1. The van der Waals surface area contributed by atoms with Crippen molar-refractivity contribution in [3.8, 4) is 0 Å². The molecule has 1 unspecified atom stereocenters. The highest BCUT2D eigenvalue weighted by Crippen LogP contribution is 2.30. The smallest absolute Gasteiger partial charge is 0.332 e. The van der Waals surface area contributed by atoms with Gasteiger partial charge in [0.2, 0.25) is 5.79 Å². The minimum Gasteiger partial charge on any atom is -0.479 e. The molecule has 6 N–H and O–H groups in total. The van der Waals surface area contributed by atoms with Gasteiger partial charge in [-0.1, -0.05) is 0 Å². The first-order valence-corrected chi connectivity index (χ1v) is 5.99. The average molecular weight is 293 g/mol. The highest BCUT2D eigenvalue weighted by molar-refractivity contribution is 5.84. The Morgan fingerprint density at radius 3 is 2.45 bits per heavy atom. The number of rotatable bonds is 5. The van der Waals surface area contributed by atoms with Crippen molar-refractivity contribution in [2.45, 2.75) is 50.1 Å². The molecule has 1 rings (SSSR count). The molecule has 1 aliphatic rings. The first kappa shape index (κ1) is 17.0. The van der Waals surface area contributed by atoms with E-state index in [4.69, 9.17) is 25.4 Å². The van der Waals surface area contributed by atoms with Gasteiger partial charge in [0.1, 0.15) is 18.3 Å². The molecular weight excluding hydrogens is 274 g/mol. The molecule has 1 fully saturated rings. The third-order valence-electron chi connectivity index (χ3n) is 3.25. The topological polar surface area (TPSA) is 160 Å². The van der Waals surface area contributed by atoms with Crippen LogP contribution < -0.4 is 5.73 Å². The number of aliphatic carboxylic acids is 1. The fourth-order valence-electron chi connectivity index (χ4n) is 1.95. The number of carbonyl (C=O) groups excluding carboxylic acids is 1. The van der Waals surface area contributed by atoms with Crippen LogP contribution in [0.15, 0.2) is 0 Å². The van der Waals surface area contributed by atoms with Crippen LogP contribution in [0.4, 0.5) is 0 Å². The van der Waals surface area contributed by atoms with E-state index in [1.807, 2.05) is 0 Å². The van der Waals surface area contributed by atoms with E-state index >= 15 is 0 Å². The summed E-state index contributed by atoms with van der Waals surface area (Å²) in [5.74, 6) is -4.61. The first-order chi connectivity index (χ1) is 9.15. The third kappa shape index (κ3) is 2.97. The molecule has 0 aromatic heterocycles. The zero-order valence-electron chi connectivity index (χ0n) is 11.1. The Hall–Kier alpha value is -1.10. The van der Waals surface area contributed by atoms with Gasteiger partial charge in [0, 0.05) is 6.92 Å². The maximum absolute atomic E-state index is 11.5. The van der Waals surface area contributed by atoms with Crippen LogP contribution in [0.5, 0.6) is 0 Å². The van der Waals surface area contributed by atoms with E-state index in [0.717, 1.165) is 6.92 Å². The molecule has 0 aromatic carbocycles. The van der Waals surface area contributed by atoms with Gasteiger partial charge < -0.3 is 35.6 Å². The van der Waals surface area contributed by atoms with Crippen LogP contribution in [0.3, 0.4) is 0 Å². The summed E-state index contributed by atoms with van der Waals surface area (Å²) in [5, 5.41) is 37.9. The number of hydrogen-bond acceptors (Lipinski definition) is 8. The summed E-state index contributed by atoms with van der Waals surface area (Å²) in [6.45, 7) is 1.52. The highest BCUT2D eigenvalue weighted by atomic mass is 16.7. The lowest BCUT2D eigenvalue weighted by molar-refractivity contribution is -0.305. The highest BCUT2D eigenvalue weighted by Gasteiger charge is 2.55. The maximum Gasteiger partial charge on any atom is 0.332 e. The van der Waals surface area contributed by atoms with Gasteiger partial charge in [0.25, 0.3) is 0 Å². The van der Waals surface area contributed by atoms with Crippen molar-refractivity contribution in [3.63, 3.8) is 0 Å². The lowest BCUT2D eigenvalue weighted by Crippen LogP contribution is -2.71. The minimum atomic E-state index is -2.46. The van der Waals surface area contributed by atoms with Crippen molar-refractivity contribution in [3.05, 3.63) is 0 Å². The summed E-state index contributed by atoms with van der Waals surface area (Å²) in [4.78, 5) is 22.2. The summed E-state index contributed by atoms with van der Waals surface area (Å²) < 4.78 is 10.0. The SMILES string of the molecule is CC(=O)C1(O)O[C@H](CO)[C@@H](O)[C@H](O[C@@H](C)C(=O)O)[C@H]1N. The molecule has 20 heavy (non-hydrogen) atoms. The molecule has 116 valence electrons. The van der Waals surface area contributed by atoms with Crippen LogP contribution in [0, 0.1) is 0 Å². The summed E-state index contributed by atoms with van der Waals surface area (Å²) in [7, 11) is 0. The van der Waals surface area contributed by atoms with Crippen molar-refractivity contribution in [2.75, 3.05) is 6.61 Å². The van der Waals surface area contributed by atoms with Crippen LogP contribution in [0.1, 0.15) is 13.8 Å². The number of carboxylic acids is 1. The number of Topliss-reactive ketones (excluding diaryl/α,β-unsaturated/α-hetero) is 1. The number of carbonyl (C=O) groups is 2. The van der Waals surface area contributed by atoms with E-state index in [2.05, 4.69) is 0 Å². The van der Waals surface area contributed by atoms with Gasteiger partial charge in [-0.05, 0) is 6.92 Å². The quantitative estimate of drug-likeness (QED) is 0.360. The number of aliphatic hydroxyl groups excluding tert-OH is 2. The predicted molar refractivity (Wildman–Crippen MR) is 63.5 cm³/mol. The molecule has 0 spiro atoms. The monoisotopic (exact) mass is 293 g/mol. The Bertz CT molecular complexity index is 389. The number of hydrogen-bond donors (Lipinski definition) is 5. The van der Waals surface area contributed by atoms with E-state index in [0.29, 0.717) is 0 Å². The molecular formula is C11H19NO8. The second-order valence-electron chi connectivity index (χ2n) is 4.69. The van der Waals surface area contributed by atoms with Crippen LogP contribution in [0.2, 0.25) is 0 Å². The second kappa shape index (κ2) is 6.12. The van der Waals surface area contributed by atoms with Gasteiger partial charge in [0.05, 0.1) is 12.6 Å². The zero-order chi connectivity index (χ0) is 15.7. The van der Waals surface area contributed by atoms with E-state index in [-0.39, 0.29) is 0 Å². The number of nitrogens with two attached hydrogens (primary N) is 1. The average Bonchev–Trinajstić information content (AvgIpc) is 2.38. The molecule has 0 aliphatic carbocycles. The molecule has 0 amide bonds. The normalized spacial score (nSPS) is 39.3. The van der Waals surface area contributed by atoms with Crippen molar-refractivity contribution in [1.82, 2.24) is 0 Å². The largest absolute Gasteiger partial charge is 0.479 e. The van der Waals surface area contributed by atoms with E-state index in [1.165, 1.54) is 6.92 Å². The molecule has 0 radical (unpaired) electrons. The molecule has 6 atom stereocenters. The fourth-order valence-corrected chi connectivity index (χ4v) is 1.95. The molecule has 1 aliphatic heterocycles. The summed E-state index contributed by atoms with van der Waals surface area (Å²) in [5.41, 5.74) is 5.66. The third-order valence-corrected chi connectivity index (χ3v) is 3.25. The fraction of sp³-hybridized carbons (Fsp3) is 0.818. The minimum absolute atomic E-state index is 0.704. The predicted octanol–water partition coefficient (Wildman–Crippen LogP) is -2.80. The molecule has 1 heterocycles. The second-order valence-corrected chi connectivity index (χ2v) is 4.69. The lowest BCUT2D eigenvalue weighted by atomic mass is 9.88. The van der Waals surface area contributed by atoms with Crippen LogP contribution >= 0.6 is 0 Å². The van der Waals surface area contributed by atoms with Crippen molar-refractivity contribution < 1.29 is 39.5 Å². The first-order valence-electron chi connectivity index (χ1n) is 5.99. The molecule has 9 heteroatoms.